The molecule has 4 nitrogen and oxygen atoms in total. The summed E-state index contributed by atoms with van der Waals surface area (Å²) in [5, 5.41) is 10.1. The van der Waals surface area contributed by atoms with Gasteiger partial charge in [-0.15, -0.1) is 11.3 Å². The minimum absolute atomic E-state index is 0.333. The summed E-state index contributed by atoms with van der Waals surface area (Å²) in [6.45, 7) is 3.92. The molecular weight excluding hydrogens is 291 g/mol. The van der Waals surface area contributed by atoms with Crippen molar-refractivity contribution in [3.05, 3.63) is 46.2 Å². The van der Waals surface area contributed by atoms with Gasteiger partial charge in [0, 0.05) is 30.6 Å². The first-order valence-electron chi connectivity index (χ1n) is 6.83. The van der Waals surface area contributed by atoms with Crippen LogP contribution in [0.1, 0.15) is 10.6 Å². The summed E-state index contributed by atoms with van der Waals surface area (Å²) in [6.07, 6.45) is -0.901. The van der Waals surface area contributed by atoms with Crippen molar-refractivity contribution in [2.75, 3.05) is 13.1 Å². The zero-order chi connectivity index (χ0) is 14.8. The Labute approximate surface area is 126 Å². The van der Waals surface area contributed by atoms with Crippen LogP contribution in [0.25, 0.3) is 0 Å². The van der Waals surface area contributed by atoms with Gasteiger partial charge in [-0.25, -0.2) is 9.37 Å². The Kier molecular flexibility index (Phi) is 4.19. The monoisotopic (exact) mass is 308 g/mol. The summed E-state index contributed by atoms with van der Waals surface area (Å²) in [5.41, 5.74) is 2.86. The van der Waals surface area contributed by atoms with Crippen LogP contribution in [0.5, 0.6) is 5.75 Å². The highest BCUT2D eigenvalue weighted by Crippen LogP contribution is 2.23. The number of aryl methyl sites for hydroxylation is 1. The third-order valence-electron chi connectivity index (χ3n) is 3.61. The van der Waals surface area contributed by atoms with E-state index in [0.717, 1.165) is 12.2 Å². The predicted molar refractivity (Wildman–Crippen MR) is 79.0 cm³/mol. The van der Waals surface area contributed by atoms with Crippen molar-refractivity contribution in [1.29, 1.82) is 0 Å². The second-order valence-electron chi connectivity index (χ2n) is 5.24. The van der Waals surface area contributed by atoms with Crippen LogP contribution in [-0.4, -0.2) is 40.3 Å². The second-order valence-corrected chi connectivity index (χ2v) is 6.18. The van der Waals surface area contributed by atoms with E-state index in [4.69, 9.17) is 4.74 Å². The number of aliphatic hydroxyl groups excluding tert-OH is 1. The van der Waals surface area contributed by atoms with Gasteiger partial charge in [0.05, 0.1) is 11.2 Å². The summed E-state index contributed by atoms with van der Waals surface area (Å²) in [4.78, 5) is 7.57. The summed E-state index contributed by atoms with van der Waals surface area (Å²) in [7, 11) is 0. The van der Waals surface area contributed by atoms with Gasteiger partial charge in [0.25, 0.3) is 0 Å². The fourth-order valence-electron chi connectivity index (χ4n) is 2.47. The van der Waals surface area contributed by atoms with Gasteiger partial charge >= 0.3 is 0 Å². The van der Waals surface area contributed by atoms with E-state index >= 15 is 0 Å². The predicted octanol–water partition coefficient (Wildman–Crippen LogP) is 2.21. The van der Waals surface area contributed by atoms with E-state index in [1.807, 2.05) is 12.4 Å². The Morgan fingerprint density at radius 1 is 1.48 bits per heavy atom. The van der Waals surface area contributed by atoms with E-state index in [2.05, 4.69) is 9.88 Å². The molecule has 3 rings (SSSR count). The lowest BCUT2D eigenvalue weighted by Gasteiger charge is -2.17. The van der Waals surface area contributed by atoms with Gasteiger partial charge in [0.15, 0.2) is 0 Å². The second kappa shape index (κ2) is 6.09. The molecule has 1 aromatic heterocycles. The number of halogens is 1. The van der Waals surface area contributed by atoms with Gasteiger partial charge in [-0.2, -0.15) is 0 Å². The molecule has 112 valence electrons. The molecule has 2 aromatic rings. The van der Waals surface area contributed by atoms with Gasteiger partial charge in [0.2, 0.25) is 0 Å². The van der Waals surface area contributed by atoms with Crippen molar-refractivity contribution in [3.63, 3.8) is 0 Å². The smallest absolute Gasteiger partial charge is 0.138 e. The number of rotatable bonds is 4. The van der Waals surface area contributed by atoms with E-state index in [0.29, 0.717) is 18.8 Å². The molecule has 0 amide bonds. The molecule has 0 unspecified atom stereocenters. The van der Waals surface area contributed by atoms with Crippen molar-refractivity contribution in [2.24, 2.45) is 0 Å². The lowest BCUT2D eigenvalue weighted by molar-refractivity contribution is 0.0734. The molecule has 0 aliphatic carbocycles. The summed E-state index contributed by atoms with van der Waals surface area (Å²) >= 11 is 1.62. The fourth-order valence-corrected chi connectivity index (χ4v) is 3.29. The number of likely N-dealkylation sites (tertiary alicyclic amines) is 1. The molecule has 1 aliphatic heterocycles. The maximum absolute atomic E-state index is 13.2. The van der Waals surface area contributed by atoms with Crippen LogP contribution < -0.4 is 4.74 Å². The lowest BCUT2D eigenvalue weighted by atomic mass is 10.2. The van der Waals surface area contributed by atoms with Gasteiger partial charge in [-0.3, -0.25) is 4.90 Å². The van der Waals surface area contributed by atoms with Crippen molar-refractivity contribution in [3.8, 4) is 5.75 Å². The first-order valence-corrected chi connectivity index (χ1v) is 7.71. The van der Waals surface area contributed by atoms with Crippen molar-refractivity contribution < 1.29 is 14.2 Å². The number of aliphatic hydroxyl groups is 1. The summed E-state index contributed by atoms with van der Waals surface area (Å²) in [5.74, 6) is 0.118. The SMILES string of the molecule is Cc1ncsc1CN1C[C@@H](O)[C@H](Oc2cccc(F)c2)C1. The van der Waals surface area contributed by atoms with Crippen molar-refractivity contribution in [2.45, 2.75) is 25.7 Å². The van der Waals surface area contributed by atoms with Crippen LogP contribution in [0.3, 0.4) is 0 Å². The molecule has 21 heavy (non-hydrogen) atoms. The highest BCUT2D eigenvalue weighted by Gasteiger charge is 2.33. The zero-order valence-corrected chi connectivity index (χ0v) is 12.5. The fraction of sp³-hybridized carbons (Fsp3) is 0.400. The lowest BCUT2D eigenvalue weighted by Crippen LogP contribution is -2.29. The highest BCUT2D eigenvalue weighted by atomic mass is 32.1. The Balaban J connectivity index is 1.62. The number of hydrogen-bond acceptors (Lipinski definition) is 5. The van der Waals surface area contributed by atoms with Crippen LogP contribution in [0.15, 0.2) is 29.8 Å². The maximum atomic E-state index is 13.2. The Bertz CT molecular complexity index is 619. The topological polar surface area (TPSA) is 45.6 Å². The number of ether oxygens (including phenoxy) is 1. The van der Waals surface area contributed by atoms with Crippen molar-refractivity contribution in [1.82, 2.24) is 9.88 Å². The number of thiazole rings is 1. The first kappa shape index (κ1) is 14.4. The van der Waals surface area contributed by atoms with E-state index in [1.54, 1.807) is 23.5 Å². The molecule has 1 fully saturated rings. The average molecular weight is 308 g/mol. The van der Waals surface area contributed by atoms with Crippen LogP contribution in [0.2, 0.25) is 0 Å². The molecule has 1 aromatic carbocycles. The minimum atomic E-state index is -0.568. The van der Waals surface area contributed by atoms with Gasteiger partial charge in [-0.1, -0.05) is 6.07 Å². The van der Waals surface area contributed by atoms with Crippen LogP contribution in [0.4, 0.5) is 4.39 Å². The molecule has 6 heteroatoms. The van der Waals surface area contributed by atoms with Crippen LogP contribution in [0, 0.1) is 12.7 Å². The summed E-state index contributed by atoms with van der Waals surface area (Å²) in [6, 6.07) is 6.01. The quantitative estimate of drug-likeness (QED) is 0.941. The van der Waals surface area contributed by atoms with Crippen LogP contribution in [-0.2, 0) is 6.54 Å². The largest absolute Gasteiger partial charge is 0.486 e. The van der Waals surface area contributed by atoms with E-state index in [9.17, 15) is 9.50 Å². The molecule has 0 saturated carbocycles. The molecule has 1 saturated heterocycles. The number of nitrogens with zero attached hydrogens (tertiary/aromatic N) is 2. The minimum Gasteiger partial charge on any atom is -0.486 e. The molecule has 1 aliphatic rings. The van der Waals surface area contributed by atoms with Gasteiger partial charge in [-0.05, 0) is 19.1 Å². The molecular formula is C15H17FN2O2S. The summed E-state index contributed by atoms with van der Waals surface area (Å²) < 4.78 is 18.9. The number of β-amino-alcohol motifs (C(OH)–C–C–N with tert-alkyl or cyclic N) is 1. The number of aromatic nitrogens is 1. The van der Waals surface area contributed by atoms with Crippen molar-refractivity contribution >= 4 is 11.3 Å². The Hall–Kier alpha value is -1.50. The van der Waals surface area contributed by atoms with E-state index < -0.39 is 6.10 Å². The van der Waals surface area contributed by atoms with E-state index in [1.165, 1.54) is 17.0 Å². The highest BCUT2D eigenvalue weighted by molar-refractivity contribution is 7.09. The van der Waals surface area contributed by atoms with Gasteiger partial charge in [0.1, 0.15) is 23.8 Å². The standard InChI is InChI=1S/C15H17FN2O2S/c1-10-15(21-9-17-10)8-18-6-13(19)14(7-18)20-12-4-2-3-11(16)5-12/h2-5,9,13-14,19H,6-8H2,1H3/t13-,14-/m1/s1. The Morgan fingerprint density at radius 2 is 2.33 bits per heavy atom. The first-order chi connectivity index (χ1) is 10.1. The molecule has 2 heterocycles. The third-order valence-corrected chi connectivity index (χ3v) is 4.53. The molecule has 1 N–H and O–H groups in total. The van der Waals surface area contributed by atoms with Crippen LogP contribution >= 0.6 is 11.3 Å². The zero-order valence-electron chi connectivity index (χ0n) is 11.7. The van der Waals surface area contributed by atoms with Gasteiger partial charge < -0.3 is 9.84 Å². The molecule has 0 bridgehead atoms. The molecule has 2 atom stereocenters. The van der Waals surface area contributed by atoms with E-state index in [-0.39, 0.29) is 11.9 Å². The average Bonchev–Trinajstić information content (AvgIpc) is 2.98. The normalized spacial score (nSPS) is 22.6. The third kappa shape index (κ3) is 3.40. The Morgan fingerprint density at radius 3 is 3.05 bits per heavy atom. The number of benzene rings is 1. The maximum Gasteiger partial charge on any atom is 0.138 e. The molecule has 0 radical (unpaired) electrons. The molecule has 0 spiro atoms. The number of hydrogen-bond donors (Lipinski definition) is 1.